The van der Waals surface area contributed by atoms with Gasteiger partial charge in [-0.2, -0.15) is 0 Å². The minimum Gasteiger partial charge on any atom is -0.481 e. The van der Waals surface area contributed by atoms with Gasteiger partial charge in [-0.15, -0.1) is 0 Å². The molecule has 0 aliphatic carbocycles. The lowest BCUT2D eigenvalue weighted by molar-refractivity contribution is -0.136. The third-order valence-electron chi connectivity index (χ3n) is 7.93. The molecular formula is C36H44N2O3. The first-order chi connectivity index (χ1) is 19.6. The fourth-order valence-corrected chi connectivity index (χ4v) is 5.34. The Kier molecular flexibility index (Phi) is 10.3. The minimum atomic E-state index is -0.771. The predicted octanol–water partition coefficient (Wildman–Crippen LogP) is 6.36. The van der Waals surface area contributed by atoms with Gasteiger partial charge in [-0.3, -0.25) is 4.79 Å². The number of aliphatic hydroxyl groups excluding tert-OH is 1. The van der Waals surface area contributed by atoms with E-state index in [4.69, 9.17) is 5.11 Å². The van der Waals surface area contributed by atoms with Crippen LogP contribution in [0.3, 0.4) is 0 Å². The number of hydrogen-bond donors (Lipinski definition) is 3. The van der Waals surface area contributed by atoms with Crippen LogP contribution in [-0.2, 0) is 24.1 Å². The van der Waals surface area contributed by atoms with Crippen molar-refractivity contribution in [3.8, 4) is 11.1 Å². The summed E-state index contributed by atoms with van der Waals surface area (Å²) in [4.78, 5) is 13.0. The standard InChI is InChI=1S/C36H44N2O3/c1-26(21-28-11-17-32(18-12-28)31-15-9-27(10-16-31)14-20-35(40)41)38(4)25-34(39)24-37-36(2,3)23-29-13-19-30-7-5-6-8-33(30)22-29/h5-13,15-19,22,26,34,37,39H,14,20-21,23-25H2,1-4H3,(H,40,41)/t26?,34-/m1/s1. The highest BCUT2D eigenvalue weighted by atomic mass is 16.4. The molecule has 5 heteroatoms. The summed E-state index contributed by atoms with van der Waals surface area (Å²) >= 11 is 0. The monoisotopic (exact) mass is 552 g/mol. The summed E-state index contributed by atoms with van der Waals surface area (Å²) in [5.41, 5.74) is 5.73. The van der Waals surface area contributed by atoms with Crippen molar-refractivity contribution >= 4 is 16.7 Å². The van der Waals surface area contributed by atoms with Gasteiger partial charge in [-0.1, -0.05) is 91.0 Å². The molecule has 4 rings (SSSR count). The van der Waals surface area contributed by atoms with E-state index in [2.05, 4.69) is 117 Å². The van der Waals surface area contributed by atoms with Crippen molar-refractivity contribution in [2.75, 3.05) is 20.1 Å². The van der Waals surface area contributed by atoms with Crippen LogP contribution in [0.25, 0.3) is 21.9 Å². The molecule has 0 aliphatic rings. The Balaban J connectivity index is 1.23. The molecule has 0 saturated heterocycles. The highest BCUT2D eigenvalue weighted by Gasteiger charge is 2.21. The zero-order chi connectivity index (χ0) is 29.4. The summed E-state index contributed by atoms with van der Waals surface area (Å²) in [5.74, 6) is -0.771. The van der Waals surface area contributed by atoms with Gasteiger partial charge in [0.2, 0.25) is 0 Å². The lowest BCUT2D eigenvalue weighted by Crippen LogP contribution is -2.48. The van der Waals surface area contributed by atoms with Crippen LogP contribution in [0.5, 0.6) is 0 Å². The number of aliphatic hydroxyl groups is 1. The fraction of sp³-hybridized carbons (Fsp3) is 0.361. The number of likely N-dealkylation sites (N-methyl/N-ethyl adjacent to an activating group) is 1. The van der Waals surface area contributed by atoms with E-state index in [1.54, 1.807) is 0 Å². The topological polar surface area (TPSA) is 72.8 Å². The number of rotatable bonds is 14. The maximum atomic E-state index is 10.8. The lowest BCUT2D eigenvalue weighted by Gasteiger charge is -2.31. The molecule has 0 heterocycles. The van der Waals surface area contributed by atoms with Crippen LogP contribution in [0, 0.1) is 0 Å². The minimum absolute atomic E-state index is 0.131. The Morgan fingerprint density at radius 3 is 2.07 bits per heavy atom. The lowest BCUT2D eigenvalue weighted by atomic mass is 9.93. The fourth-order valence-electron chi connectivity index (χ4n) is 5.34. The average Bonchev–Trinajstić information content (AvgIpc) is 2.95. The second-order valence-corrected chi connectivity index (χ2v) is 12.1. The molecule has 0 aromatic heterocycles. The highest BCUT2D eigenvalue weighted by Crippen LogP contribution is 2.22. The van der Waals surface area contributed by atoms with E-state index in [0.29, 0.717) is 19.5 Å². The highest BCUT2D eigenvalue weighted by molar-refractivity contribution is 5.83. The zero-order valence-corrected chi connectivity index (χ0v) is 24.8. The van der Waals surface area contributed by atoms with Crippen molar-refractivity contribution in [2.45, 2.75) is 64.1 Å². The van der Waals surface area contributed by atoms with E-state index >= 15 is 0 Å². The first-order valence-electron chi connectivity index (χ1n) is 14.6. The van der Waals surface area contributed by atoms with Gasteiger partial charge in [0, 0.05) is 31.1 Å². The van der Waals surface area contributed by atoms with Gasteiger partial charge in [0.05, 0.1) is 6.10 Å². The van der Waals surface area contributed by atoms with Gasteiger partial charge >= 0.3 is 5.97 Å². The number of aryl methyl sites for hydroxylation is 1. The van der Waals surface area contributed by atoms with E-state index in [0.717, 1.165) is 29.5 Å². The van der Waals surface area contributed by atoms with Crippen molar-refractivity contribution in [1.82, 2.24) is 10.2 Å². The SMILES string of the molecule is CC(Cc1ccc(-c2ccc(CCC(=O)O)cc2)cc1)N(C)C[C@H](O)CNC(C)(C)Cc1ccc2ccccc2c1. The third kappa shape index (κ3) is 9.25. The zero-order valence-electron chi connectivity index (χ0n) is 24.8. The van der Waals surface area contributed by atoms with Gasteiger partial charge in [-0.25, -0.2) is 0 Å². The smallest absolute Gasteiger partial charge is 0.303 e. The summed E-state index contributed by atoms with van der Waals surface area (Å²) in [5, 5.41) is 25.8. The molecule has 0 bridgehead atoms. The molecule has 4 aromatic rings. The first-order valence-corrected chi connectivity index (χ1v) is 14.6. The number of carbonyl (C=O) groups is 1. The van der Waals surface area contributed by atoms with Gasteiger partial charge in [0.15, 0.2) is 0 Å². The first kappa shape index (κ1) is 30.4. The van der Waals surface area contributed by atoms with E-state index < -0.39 is 12.1 Å². The van der Waals surface area contributed by atoms with E-state index in [1.165, 1.54) is 21.9 Å². The summed E-state index contributed by atoms with van der Waals surface area (Å²) < 4.78 is 0. The Bertz CT molecular complexity index is 1410. The Morgan fingerprint density at radius 2 is 1.44 bits per heavy atom. The van der Waals surface area contributed by atoms with Crippen LogP contribution >= 0.6 is 0 Å². The van der Waals surface area contributed by atoms with Crippen LogP contribution in [0.1, 0.15) is 43.9 Å². The number of hydrogen-bond acceptors (Lipinski definition) is 4. The van der Waals surface area contributed by atoms with Crippen molar-refractivity contribution in [1.29, 1.82) is 0 Å². The summed E-state index contributed by atoms with van der Waals surface area (Å²) in [6, 6.07) is 32.1. The third-order valence-corrected chi connectivity index (χ3v) is 7.93. The maximum absolute atomic E-state index is 10.8. The van der Waals surface area contributed by atoms with Crippen molar-refractivity contribution in [3.63, 3.8) is 0 Å². The number of fused-ring (bicyclic) bond motifs is 1. The molecule has 0 saturated carbocycles. The molecule has 0 spiro atoms. The second kappa shape index (κ2) is 13.9. The molecule has 0 radical (unpaired) electrons. The van der Waals surface area contributed by atoms with E-state index in [-0.39, 0.29) is 18.0 Å². The van der Waals surface area contributed by atoms with E-state index in [9.17, 15) is 9.90 Å². The van der Waals surface area contributed by atoms with Crippen LogP contribution in [0.2, 0.25) is 0 Å². The normalized spacial score (nSPS) is 13.4. The molecule has 216 valence electrons. The Hall–Kier alpha value is -3.51. The Labute approximate surface area is 244 Å². The van der Waals surface area contributed by atoms with Crippen LogP contribution < -0.4 is 5.32 Å². The number of carboxylic acids is 1. The number of nitrogens with zero attached hydrogens (tertiary/aromatic N) is 1. The van der Waals surface area contributed by atoms with Gasteiger partial charge in [0.1, 0.15) is 0 Å². The van der Waals surface area contributed by atoms with Gasteiger partial charge in [-0.05, 0) is 85.7 Å². The number of benzene rings is 4. The number of nitrogens with one attached hydrogen (secondary N) is 1. The molecule has 5 nitrogen and oxygen atoms in total. The molecule has 0 fully saturated rings. The summed E-state index contributed by atoms with van der Waals surface area (Å²) in [6.07, 6.45) is 2.03. The van der Waals surface area contributed by atoms with Gasteiger partial charge in [0.25, 0.3) is 0 Å². The average molecular weight is 553 g/mol. The molecule has 0 amide bonds. The number of carboxylic acid groups (broad SMARTS) is 1. The molecule has 0 aliphatic heterocycles. The number of aliphatic carboxylic acids is 1. The van der Waals surface area contributed by atoms with Crippen molar-refractivity contribution < 1.29 is 15.0 Å². The molecule has 1 unspecified atom stereocenters. The van der Waals surface area contributed by atoms with Crippen molar-refractivity contribution in [2.24, 2.45) is 0 Å². The maximum Gasteiger partial charge on any atom is 0.303 e. The molecule has 3 N–H and O–H groups in total. The molecule has 4 aromatic carbocycles. The van der Waals surface area contributed by atoms with Gasteiger partial charge < -0.3 is 20.4 Å². The van der Waals surface area contributed by atoms with Crippen LogP contribution in [-0.4, -0.2) is 58.9 Å². The quantitative estimate of drug-likeness (QED) is 0.170. The summed E-state index contributed by atoms with van der Waals surface area (Å²) in [7, 11) is 2.08. The molecular weight excluding hydrogens is 508 g/mol. The largest absolute Gasteiger partial charge is 0.481 e. The molecule has 2 atom stereocenters. The van der Waals surface area contributed by atoms with Crippen LogP contribution in [0.4, 0.5) is 0 Å². The Morgan fingerprint density at radius 1 is 0.854 bits per heavy atom. The summed E-state index contributed by atoms with van der Waals surface area (Å²) in [6.45, 7) is 7.74. The van der Waals surface area contributed by atoms with Crippen LogP contribution in [0.15, 0.2) is 91.0 Å². The predicted molar refractivity (Wildman–Crippen MR) is 169 cm³/mol. The second-order valence-electron chi connectivity index (χ2n) is 12.1. The van der Waals surface area contributed by atoms with Crippen molar-refractivity contribution in [3.05, 3.63) is 108 Å². The molecule has 41 heavy (non-hydrogen) atoms. The van der Waals surface area contributed by atoms with E-state index in [1.807, 2.05) is 12.1 Å². The number of β-amino-alcohol motifs (C(OH)–C–C–N with tert-alkyl or cyclic N) is 1.